The van der Waals surface area contributed by atoms with Crippen LogP contribution < -0.4 is 11.1 Å². The van der Waals surface area contributed by atoms with Crippen LogP contribution in [-0.2, 0) is 9.59 Å². The van der Waals surface area contributed by atoms with E-state index in [1.807, 2.05) is 0 Å². The lowest BCUT2D eigenvalue weighted by atomic mass is 10.0. The van der Waals surface area contributed by atoms with Gasteiger partial charge in [-0.1, -0.05) is 6.42 Å². The van der Waals surface area contributed by atoms with Gasteiger partial charge in [-0.25, -0.2) is 9.59 Å². The van der Waals surface area contributed by atoms with Crippen LogP contribution in [0.15, 0.2) is 0 Å². The lowest BCUT2D eigenvalue weighted by molar-refractivity contribution is -0.140. The molecule has 1 saturated carbocycles. The van der Waals surface area contributed by atoms with Crippen LogP contribution in [0.2, 0.25) is 0 Å². The third-order valence-corrected chi connectivity index (χ3v) is 4.01. The zero-order valence-electron chi connectivity index (χ0n) is 10.7. The van der Waals surface area contributed by atoms with Crippen molar-refractivity contribution in [2.75, 3.05) is 13.1 Å². The predicted molar refractivity (Wildman–Crippen MR) is 66.2 cm³/mol. The standard InChI is InChI=1S/C12H19N3O4/c13-10(16)4-9(11(17)18)14-12(19)15-5-7-2-1-3-8(7)6-15/h7-9H,1-6H2,(H2,13,16)(H,14,19)(H,17,18)/t7?,8?,9-/m0/s1. The average Bonchev–Trinajstić information content (AvgIpc) is 2.86. The molecule has 19 heavy (non-hydrogen) atoms. The topological polar surface area (TPSA) is 113 Å². The Labute approximate surface area is 111 Å². The number of amides is 3. The third-order valence-electron chi connectivity index (χ3n) is 4.01. The van der Waals surface area contributed by atoms with Crippen LogP contribution in [0, 0.1) is 11.8 Å². The zero-order chi connectivity index (χ0) is 14.0. The highest BCUT2D eigenvalue weighted by molar-refractivity contribution is 5.87. The minimum absolute atomic E-state index is 0.387. The maximum atomic E-state index is 12.0. The number of nitrogens with one attached hydrogen (secondary N) is 1. The van der Waals surface area contributed by atoms with Gasteiger partial charge in [0.15, 0.2) is 0 Å². The largest absolute Gasteiger partial charge is 0.480 e. The summed E-state index contributed by atoms with van der Waals surface area (Å²) in [5.74, 6) is -0.895. The minimum Gasteiger partial charge on any atom is -0.480 e. The molecule has 0 bridgehead atoms. The summed E-state index contributed by atoms with van der Waals surface area (Å²) in [4.78, 5) is 35.3. The Balaban J connectivity index is 1.89. The fourth-order valence-electron chi connectivity index (χ4n) is 3.04. The van der Waals surface area contributed by atoms with E-state index in [-0.39, 0.29) is 6.42 Å². The van der Waals surface area contributed by atoms with Gasteiger partial charge in [0.1, 0.15) is 6.04 Å². The van der Waals surface area contributed by atoms with E-state index in [4.69, 9.17) is 10.8 Å². The molecule has 2 unspecified atom stereocenters. The number of rotatable bonds is 4. The van der Waals surface area contributed by atoms with Crippen LogP contribution in [-0.4, -0.2) is 47.0 Å². The van der Waals surface area contributed by atoms with Crippen molar-refractivity contribution in [1.82, 2.24) is 10.2 Å². The summed E-state index contributed by atoms with van der Waals surface area (Å²) in [6.45, 7) is 1.36. The van der Waals surface area contributed by atoms with Gasteiger partial charge in [-0.05, 0) is 24.7 Å². The molecule has 7 heteroatoms. The first kappa shape index (κ1) is 13.6. The number of carbonyl (C=O) groups is 3. The number of aliphatic carboxylic acids is 1. The molecule has 0 aromatic carbocycles. The normalized spacial score (nSPS) is 26.8. The molecule has 106 valence electrons. The van der Waals surface area contributed by atoms with Crippen molar-refractivity contribution < 1.29 is 19.5 Å². The number of carboxylic acid groups (broad SMARTS) is 1. The molecule has 0 aromatic heterocycles. The van der Waals surface area contributed by atoms with Crippen LogP contribution in [0.25, 0.3) is 0 Å². The first-order chi connectivity index (χ1) is 8.97. The lowest BCUT2D eigenvalue weighted by Crippen LogP contribution is -2.48. The van der Waals surface area contributed by atoms with Crippen LogP contribution in [0.1, 0.15) is 25.7 Å². The maximum absolute atomic E-state index is 12.0. The molecule has 1 aliphatic carbocycles. The monoisotopic (exact) mass is 269 g/mol. The molecule has 3 amide bonds. The molecule has 2 fully saturated rings. The molecule has 0 aromatic rings. The second-order valence-corrected chi connectivity index (χ2v) is 5.37. The fraction of sp³-hybridized carbons (Fsp3) is 0.750. The van der Waals surface area contributed by atoms with Gasteiger partial charge in [0.2, 0.25) is 5.91 Å². The molecule has 2 rings (SSSR count). The van der Waals surface area contributed by atoms with Crippen molar-refractivity contribution in [2.24, 2.45) is 17.6 Å². The molecule has 0 radical (unpaired) electrons. The number of hydrogen-bond donors (Lipinski definition) is 3. The lowest BCUT2D eigenvalue weighted by Gasteiger charge is -2.21. The van der Waals surface area contributed by atoms with Crippen molar-refractivity contribution >= 4 is 17.9 Å². The SMILES string of the molecule is NC(=O)C[C@H](NC(=O)N1CC2CCCC2C1)C(=O)O. The Hall–Kier alpha value is -1.79. The summed E-state index contributed by atoms with van der Waals surface area (Å²) in [5, 5.41) is 11.3. The van der Waals surface area contributed by atoms with E-state index in [0.29, 0.717) is 24.9 Å². The van der Waals surface area contributed by atoms with Crippen molar-refractivity contribution in [3.63, 3.8) is 0 Å². The number of nitrogens with two attached hydrogens (primary N) is 1. The van der Waals surface area contributed by atoms with Gasteiger partial charge in [0, 0.05) is 13.1 Å². The molecule has 1 aliphatic heterocycles. The fourth-order valence-corrected chi connectivity index (χ4v) is 3.04. The van der Waals surface area contributed by atoms with Gasteiger partial charge in [-0.2, -0.15) is 0 Å². The summed E-state index contributed by atoms with van der Waals surface area (Å²) < 4.78 is 0. The molecular formula is C12H19N3O4. The number of nitrogens with zero attached hydrogens (tertiary/aromatic N) is 1. The Morgan fingerprint density at radius 3 is 2.32 bits per heavy atom. The smallest absolute Gasteiger partial charge is 0.326 e. The number of primary amides is 1. The Kier molecular flexibility index (Phi) is 3.92. The molecule has 1 saturated heterocycles. The van der Waals surface area contributed by atoms with E-state index in [2.05, 4.69) is 5.32 Å². The van der Waals surface area contributed by atoms with Gasteiger partial charge in [0.05, 0.1) is 6.42 Å². The van der Waals surface area contributed by atoms with Gasteiger partial charge in [0.25, 0.3) is 0 Å². The highest BCUT2D eigenvalue weighted by atomic mass is 16.4. The highest BCUT2D eigenvalue weighted by Crippen LogP contribution is 2.37. The second kappa shape index (κ2) is 5.46. The highest BCUT2D eigenvalue weighted by Gasteiger charge is 2.38. The number of carbonyl (C=O) groups excluding carboxylic acids is 2. The average molecular weight is 269 g/mol. The Morgan fingerprint density at radius 2 is 1.84 bits per heavy atom. The third kappa shape index (κ3) is 3.15. The molecule has 7 nitrogen and oxygen atoms in total. The van der Waals surface area contributed by atoms with Crippen molar-refractivity contribution in [2.45, 2.75) is 31.7 Å². The summed E-state index contributed by atoms with van der Waals surface area (Å²) in [5.41, 5.74) is 4.97. The minimum atomic E-state index is -1.24. The van der Waals surface area contributed by atoms with Gasteiger partial charge >= 0.3 is 12.0 Å². The Bertz CT molecular complexity index is 386. The Morgan fingerprint density at radius 1 is 1.26 bits per heavy atom. The first-order valence-corrected chi connectivity index (χ1v) is 6.54. The van der Waals surface area contributed by atoms with E-state index in [9.17, 15) is 14.4 Å². The van der Waals surface area contributed by atoms with E-state index in [1.54, 1.807) is 4.90 Å². The number of hydrogen-bond acceptors (Lipinski definition) is 3. The van der Waals surface area contributed by atoms with E-state index in [0.717, 1.165) is 12.8 Å². The van der Waals surface area contributed by atoms with Crippen molar-refractivity contribution in [3.8, 4) is 0 Å². The van der Waals surface area contributed by atoms with Crippen LogP contribution in [0.4, 0.5) is 4.79 Å². The molecular weight excluding hydrogens is 250 g/mol. The van der Waals surface area contributed by atoms with Gasteiger partial charge in [-0.3, -0.25) is 4.79 Å². The van der Waals surface area contributed by atoms with E-state index in [1.165, 1.54) is 6.42 Å². The summed E-state index contributed by atoms with van der Waals surface area (Å²) >= 11 is 0. The van der Waals surface area contributed by atoms with E-state index < -0.39 is 23.9 Å². The number of likely N-dealkylation sites (tertiary alicyclic amines) is 1. The van der Waals surface area contributed by atoms with Crippen molar-refractivity contribution in [3.05, 3.63) is 0 Å². The first-order valence-electron chi connectivity index (χ1n) is 6.54. The molecule has 2 aliphatic rings. The molecule has 3 atom stereocenters. The molecule has 0 spiro atoms. The van der Waals surface area contributed by atoms with Crippen LogP contribution >= 0.6 is 0 Å². The number of fused-ring (bicyclic) bond motifs is 1. The summed E-state index contributed by atoms with van der Waals surface area (Å²) in [6, 6.07) is -1.66. The predicted octanol–water partition coefficient (Wildman–Crippen LogP) is -0.244. The van der Waals surface area contributed by atoms with Crippen molar-refractivity contribution in [1.29, 1.82) is 0 Å². The summed E-state index contributed by atoms with van der Waals surface area (Å²) in [6.07, 6.45) is 3.10. The quantitative estimate of drug-likeness (QED) is 0.653. The maximum Gasteiger partial charge on any atom is 0.326 e. The van der Waals surface area contributed by atoms with E-state index >= 15 is 0 Å². The van der Waals surface area contributed by atoms with Gasteiger partial charge in [-0.15, -0.1) is 0 Å². The van der Waals surface area contributed by atoms with Gasteiger partial charge < -0.3 is 21.1 Å². The second-order valence-electron chi connectivity index (χ2n) is 5.37. The zero-order valence-corrected chi connectivity index (χ0v) is 10.7. The van der Waals surface area contributed by atoms with Crippen LogP contribution in [0.3, 0.4) is 0 Å². The van der Waals surface area contributed by atoms with Crippen LogP contribution in [0.5, 0.6) is 0 Å². The number of urea groups is 1. The number of carboxylic acids is 1. The molecule has 1 heterocycles. The summed E-state index contributed by atoms with van der Waals surface area (Å²) in [7, 11) is 0. The molecule has 4 N–H and O–H groups in total.